The van der Waals surface area contributed by atoms with Gasteiger partial charge in [-0.3, -0.25) is 0 Å². The van der Waals surface area contributed by atoms with E-state index in [1.807, 2.05) is 0 Å². The SMILES string of the molecule is O=C([O-])c1cc(-c2ccccc2S(=O)(=O)[O-])c2ccc3c(-c4ccccc4S(=O)(=O)[O-])cc(C(=O)[O-])nc3c2n1.[Na+].[Na+].[Na+].[Na+]. The molecular weight excluding hydrogens is 656 g/mol. The topological polar surface area (TPSA) is 220 Å². The van der Waals surface area contributed by atoms with E-state index in [0.29, 0.717) is 0 Å². The molecule has 5 rings (SSSR count). The molecule has 0 aliphatic heterocycles. The van der Waals surface area contributed by atoms with E-state index >= 15 is 0 Å². The van der Waals surface area contributed by atoms with Crippen molar-refractivity contribution in [3.8, 4) is 22.3 Å². The van der Waals surface area contributed by atoms with Gasteiger partial charge in [-0.05, 0) is 46.5 Å². The van der Waals surface area contributed by atoms with Gasteiger partial charge in [-0.15, -0.1) is 0 Å². The number of carboxylic acids is 2. The first-order valence-corrected chi connectivity index (χ1v) is 13.9. The van der Waals surface area contributed by atoms with Crippen LogP contribution >= 0.6 is 0 Å². The van der Waals surface area contributed by atoms with Gasteiger partial charge in [0.25, 0.3) is 0 Å². The number of benzene rings is 3. The summed E-state index contributed by atoms with van der Waals surface area (Å²) in [5, 5.41) is 23.9. The van der Waals surface area contributed by atoms with Crippen LogP contribution in [0.15, 0.2) is 82.6 Å². The summed E-state index contributed by atoms with van der Waals surface area (Å²) < 4.78 is 71.8. The molecule has 0 atom stereocenters. The van der Waals surface area contributed by atoms with E-state index in [9.17, 15) is 45.7 Å². The summed E-state index contributed by atoms with van der Waals surface area (Å²) in [5.41, 5.74) is -2.32. The number of nitrogens with zero attached hydrogens (tertiary/aromatic N) is 2. The molecule has 5 aromatic rings. The molecule has 0 saturated heterocycles. The Labute approximate surface area is 339 Å². The third kappa shape index (κ3) is 8.20. The molecule has 2 aromatic heterocycles. The summed E-state index contributed by atoms with van der Waals surface area (Å²) in [4.78, 5) is 30.5. The minimum atomic E-state index is -5.03. The van der Waals surface area contributed by atoms with E-state index in [2.05, 4.69) is 9.97 Å². The fraction of sp³-hybridized carbons (Fsp3) is 0. The second-order valence-electron chi connectivity index (χ2n) is 8.44. The van der Waals surface area contributed by atoms with Crippen molar-refractivity contribution in [3.05, 3.63) is 84.2 Å². The molecule has 0 fully saturated rings. The van der Waals surface area contributed by atoms with Gasteiger partial charge in [0.1, 0.15) is 20.2 Å². The molecule has 202 valence electrons. The summed E-state index contributed by atoms with van der Waals surface area (Å²) in [6.07, 6.45) is 0. The van der Waals surface area contributed by atoms with Crippen molar-refractivity contribution in [1.29, 1.82) is 0 Å². The number of hydrogen-bond acceptors (Lipinski definition) is 12. The van der Waals surface area contributed by atoms with E-state index in [1.165, 1.54) is 48.5 Å². The normalized spacial score (nSPS) is 11.0. The zero-order valence-corrected chi connectivity index (χ0v) is 33.4. The van der Waals surface area contributed by atoms with Crippen molar-refractivity contribution in [1.82, 2.24) is 9.97 Å². The monoisotopic (exact) mass is 668 g/mol. The van der Waals surface area contributed by atoms with Crippen LogP contribution < -0.4 is 128 Å². The van der Waals surface area contributed by atoms with Crippen molar-refractivity contribution < 1.29 is 164 Å². The van der Waals surface area contributed by atoms with Gasteiger partial charge in [0, 0.05) is 10.8 Å². The van der Waals surface area contributed by atoms with Crippen molar-refractivity contribution >= 4 is 54.0 Å². The average Bonchev–Trinajstić information content (AvgIpc) is 2.90. The van der Waals surface area contributed by atoms with Crippen LogP contribution in [0.4, 0.5) is 0 Å². The van der Waals surface area contributed by atoms with Gasteiger partial charge in [-0.25, -0.2) is 26.8 Å². The number of hydrogen-bond donors (Lipinski definition) is 0. The van der Waals surface area contributed by atoms with Crippen LogP contribution in [0, 0.1) is 0 Å². The number of carbonyl (C=O) groups excluding carboxylic acids is 2. The number of pyridine rings is 2. The van der Waals surface area contributed by atoms with Gasteiger partial charge in [0.15, 0.2) is 0 Å². The summed E-state index contributed by atoms with van der Waals surface area (Å²) in [5.74, 6) is -3.55. The molecule has 44 heavy (non-hydrogen) atoms. The van der Waals surface area contributed by atoms with E-state index in [-0.39, 0.29) is 162 Å². The predicted molar refractivity (Wildman–Crippen MR) is 133 cm³/mol. The maximum atomic E-state index is 12.0. The Hall–Kier alpha value is -0.760. The summed E-state index contributed by atoms with van der Waals surface area (Å²) >= 11 is 0. The predicted octanol–water partition coefficient (Wildman–Crippen LogP) is -11.3. The number of fused-ring (bicyclic) bond motifs is 3. The number of aromatic carboxylic acids is 2. The third-order valence-electron chi connectivity index (χ3n) is 6.07. The molecule has 0 amide bonds. The second kappa shape index (κ2) is 15.9. The van der Waals surface area contributed by atoms with Crippen LogP contribution in [-0.2, 0) is 20.2 Å². The van der Waals surface area contributed by atoms with Crippen LogP contribution in [0.3, 0.4) is 0 Å². The van der Waals surface area contributed by atoms with Crippen LogP contribution in [0.2, 0.25) is 0 Å². The van der Waals surface area contributed by atoms with Gasteiger partial charge >= 0.3 is 118 Å². The molecule has 12 nitrogen and oxygen atoms in total. The molecule has 0 unspecified atom stereocenters. The Morgan fingerprint density at radius 3 is 1.14 bits per heavy atom. The second-order valence-corrected chi connectivity index (χ2v) is 11.1. The Morgan fingerprint density at radius 1 is 0.523 bits per heavy atom. The first-order chi connectivity index (χ1) is 18.8. The zero-order chi connectivity index (χ0) is 29.0. The summed E-state index contributed by atoms with van der Waals surface area (Å²) in [6.45, 7) is 0. The maximum absolute atomic E-state index is 12.0. The molecule has 0 aliphatic rings. The number of rotatable bonds is 6. The average molecular weight is 668 g/mol. The Balaban J connectivity index is 0.00000242. The first kappa shape index (κ1) is 41.3. The largest absolute Gasteiger partial charge is 1.00 e. The van der Waals surface area contributed by atoms with Gasteiger partial charge in [-0.1, -0.05) is 48.5 Å². The minimum absolute atomic E-state index is 0. The molecule has 0 aliphatic carbocycles. The quantitative estimate of drug-likeness (QED) is 0.0936. The number of carbonyl (C=O) groups is 2. The van der Waals surface area contributed by atoms with Crippen LogP contribution in [0.25, 0.3) is 44.1 Å². The number of aromatic nitrogens is 2. The fourth-order valence-electron chi connectivity index (χ4n) is 4.44. The van der Waals surface area contributed by atoms with E-state index in [4.69, 9.17) is 0 Å². The molecule has 18 heteroatoms. The van der Waals surface area contributed by atoms with Crippen molar-refractivity contribution in [3.63, 3.8) is 0 Å². The first-order valence-electron chi connectivity index (χ1n) is 11.1. The van der Waals surface area contributed by atoms with Crippen LogP contribution in [-0.4, -0.2) is 47.8 Å². The molecule has 0 spiro atoms. The summed E-state index contributed by atoms with van der Waals surface area (Å²) in [6, 6.07) is 14.8. The van der Waals surface area contributed by atoms with Crippen LogP contribution in [0.1, 0.15) is 21.0 Å². The molecule has 0 saturated carbocycles. The molecule has 3 aromatic carbocycles. The van der Waals surface area contributed by atoms with Crippen molar-refractivity contribution in [2.75, 3.05) is 0 Å². The van der Waals surface area contributed by atoms with Gasteiger partial charge in [-0.2, -0.15) is 0 Å². The van der Waals surface area contributed by atoms with E-state index in [0.717, 1.165) is 24.3 Å². The smallest absolute Gasteiger partial charge is 0.744 e. The molecule has 2 heterocycles. The van der Waals surface area contributed by atoms with Crippen LogP contribution in [0.5, 0.6) is 0 Å². The van der Waals surface area contributed by atoms with Crippen molar-refractivity contribution in [2.45, 2.75) is 9.79 Å². The van der Waals surface area contributed by atoms with Crippen molar-refractivity contribution in [2.24, 2.45) is 0 Å². The van der Waals surface area contributed by atoms with Gasteiger partial charge < -0.3 is 28.9 Å². The standard InChI is InChI=1S/C26H16N2O10S2.4Na/c29-25(30)19-11-17(13-5-1-3-7-21(13)39(33,34)35)15-9-10-16-18(14-6-2-4-8-22(14)40(36,37)38)12-20(26(31)32)28-24(16)23(15)27-19;;;;/h1-12H,(H,29,30)(H,31,32)(H,33,34,35)(H,36,37,38);;;;/q;4*+1/p-4. The maximum Gasteiger partial charge on any atom is 1.00 e. The van der Waals surface area contributed by atoms with Gasteiger partial charge in [0.05, 0.1) is 44.2 Å². The third-order valence-corrected chi connectivity index (χ3v) is 7.86. The Kier molecular flexibility index (Phi) is 14.9. The molecule has 0 N–H and O–H groups in total. The van der Waals surface area contributed by atoms with E-state index < -0.39 is 53.4 Å². The molecule has 0 bridgehead atoms. The Morgan fingerprint density at radius 2 is 0.841 bits per heavy atom. The molecular formula is C26H12N2Na4O10S2. The Bertz CT molecular complexity index is 1990. The summed E-state index contributed by atoms with van der Waals surface area (Å²) in [7, 11) is -10.1. The zero-order valence-electron chi connectivity index (χ0n) is 23.7. The van der Waals surface area contributed by atoms with E-state index in [1.54, 1.807) is 0 Å². The van der Waals surface area contributed by atoms with Gasteiger partial charge in [0.2, 0.25) is 0 Å². The molecule has 0 radical (unpaired) electrons. The number of carboxylic acid groups (broad SMARTS) is 2. The fourth-order valence-corrected chi connectivity index (χ4v) is 5.83. The minimum Gasteiger partial charge on any atom is -0.744 e.